The van der Waals surface area contributed by atoms with Crippen molar-refractivity contribution in [2.24, 2.45) is 0 Å². The van der Waals surface area contributed by atoms with Gasteiger partial charge in [-0.25, -0.2) is 0 Å². The summed E-state index contributed by atoms with van der Waals surface area (Å²) < 4.78 is 0. The molecule has 24 heavy (non-hydrogen) atoms. The van der Waals surface area contributed by atoms with E-state index in [1.807, 2.05) is 0 Å². The SMILES string of the molecule is CCCCCCCS[C@H]1C(=O)CC(O)[C@@H]1SCCCCCC(=O)O. The number of aliphatic hydroxyl groups excluding tert-OH is 1. The first kappa shape index (κ1) is 21.8. The largest absolute Gasteiger partial charge is 0.481 e. The number of carboxylic acid groups (broad SMARTS) is 1. The average molecular weight is 377 g/mol. The minimum Gasteiger partial charge on any atom is -0.481 e. The molecule has 4 nitrogen and oxygen atoms in total. The van der Waals surface area contributed by atoms with E-state index in [0.29, 0.717) is 12.8 Å². The van der Waals surface area contributed by atoms with Gasteiger partial charge >= 0.3 is 5.97 Å². The summed E-state index contributed by atoms with van der Waals surface area (Å²) >= 11 is 3.42. The van der Waals surface area contributed by atoms with Gasteiger partial charge in [0.05, 0.1) is 16.6 Å². The van der Waals surface area contributed by atoms with Crippen molar-refractivity contribution in [2.45, 2.75) is 87.7 Å². The van der Waals surface area contributed by atoms with E-state index in [1.54, 1.807) is 23.5 Å². The molecule has 0 heterocycles. The van der Waals surface area contributed by atoms with Gasteiger partial charge in [-0.2, -0.15) is 11.8 Å². The van der Waals surface area contributed by atoms with Gasteiger partial charge in [-0.05, 0) is 30.8 Å². The monoisotopic (exact) mass is 376 g/mol. The molecule has 0 aromatic rings. The molecule has 1 aliphatic carbocycles. The van der Waals surface area contributed by atoms with Gasteiger partial charge in [0.2, 0.25) is 0 Å². The van der Waals surface area contributed by atoms with Gasteiger partial charge in [0.15, 0.2) is 0 Å². The Morgan fingerprint density at radius 3 is 2.33 bits per heavy atom. The molecule has 0 aromatic carbocycles. The van der Waals surface area contributed by atoms with E-state index in [-0.39, 0.29) is 22.7 Å². The van der Waals surface area contributed by atoms with E-state index >= 15 is 0 Å². The number of aliphatic hydroxyl groups is 1. The lowest BCUT2D eigenvalue weighted by molar-refractivity contribution is -0.137. The lowest BCUT2D eigenvalue weighted by atomic mass is 10.2. The van der Waals surface area contributed by atoms with Crippen LogP contribution in [0.1, 0.15) is 71.1 Å². The van der Waals surface area contributed by atoms with Gasteiger partial charge in [0.1, 0.15) is 5.78 Å². The first-order valence-electron chi connectivity index (χ1n) is 9.22. The van der Waals surface area contributed by atoms with E-state index in [4.69, 9.17) is 5.11 Å². The van der Waals surface area contributed by atoms with Crippen LogP contribution in [0.2, 0.25) is 0 Å². The van der Waals surface area contributed by atoms with Crippen LogP contribution < -0.4 is 0 Å². The van der Waals surface area contributed by atoms with Crippen molar-refractivity contribution in [3.05, 3.63) is 0 Å². The number of aliphatic carboxylic acids is 1. The van der Waals surface area contributed by atoms with Gasteiger partial charge in [-0.15, -0.1) is 11.8 Å². The second kappa shape index (κ2) is 13.1. The molecule has 140 valence electrons. The summed E-state index contributed by atoms with van der Waals surface area (Å²) in [6.45, 7) is 2.21. The Balaban J connectivity index is 2.21. The van der Waals surface area contributed by atoms with Crippen molar-refractivity contribution in [2.75, 3.05) is 11.5 Å². The Morgan fingerprint density at radius 2 is 1.67 bits per heavy atom. The second-order valence-electron chi connectivity index (χ2n) is 6.48. The minimum absolute atomic E-state index is 0.0117. The summed E-state index contributed by atoms with van der Waals surface area (Å²) in [6.07, 6.45) is 8.73. The van der Waals surface area contributed by atoms with Crippen molar-refractivity contribution < 1.29 is 19.8 Å². The Kier molecular flexibility index (Phi) is 11.9. The Hall–Kier alpha value is -0.200. The van der Waals surface area contributed by atoms with Crippen LogP contribution in [0.5, 0.6) is 0 Å². The number of carbonyl (C=O) groups excluding carboxylic acids is 1. The zero-order valence-electron chi connectivity index (χ0n) is 14.7. The number of carboxylic acids is 1. The summed E-state index contributed by atoms with van der Waals surface area (Å²) in [4.78, 5) is 22.6. The molecule has 0 amide bonds. The highest BCUT2D eigenvalue weighted by Gasteiger charge is 2.41. The summed E-state index contributed by atoms with van der Waals surface area (Å²) in [5.41, 5.74) is 0. The summed E-state index contributed by atoms with van der Waals surface area (Å²) in [7, 11) is 0. The molecule has 1 unspecified atom stereocenters. The second-order valence-corrected chi connectivity index (χ2v) is 9.02. The van der Waals surface area contributed by atoms with Crippen LogP contribution in [0, 0.1) is 0 Å². The lowest BCUT2D eigenvalue weighted by Crippen LogP contribution is -2.26. The molecule has 0 bridgehead atoms. The number of thioether (sulfide) groups is 2. The normalized spacial score (nSPS) is 23.8. The highest BCUT2D eigenvalue weighted by molar-refractivity contribution is 8.04. The maximum absolute atomic E-state index is 12.1. The molecular formula is C18H32O4S2. The molecule has 1 rings (SSSR count). The molecule has 1 saturated carbocycles. The summed E-state index contributed by atoms with van der Waals surface area (Å²) in [5, 5.41) is 18.7. The van der Waals surface area contributed by atoms with Gasteiger partial charge in [0.25, 0.3) is 0 Å². The zero-order valence-corrected chi connectivity index (χ0v) is 16.4. The number of carbonyl (C=O) groups is 2. The number of hydrogen-bond acceptors (Lipinski definition) is 5. The average Bonchev–Trinajstić information content (AvgIpc) is 2.80. The molecule has 3 atom stereocenters. The number of unbranched alkanes of at least 4 members (excludes halogenated alkanes) is 6. The van der Waals surface area contributed by atoms with Gasteiger partial charge < -0.3 is 10.2 Å². The van der Waals surface area contributed by atoms with E-state index in [1.165, 1.54) is 25.7 Å². The van der Waals surface area contributed by atoms with Crippen molar-refractivity contribution >= 4 is 35.3 Å². The predicted octanol–water partition coefficient (Wildman–Crippen LogP) is 4.14. The third-order valence-electron chi connectivity index (χ3n) is 4.30. The van der Waals surface area contributed by atoms with Crippen molar-refractivity contribution in [1.29, 1.82) is 0 Å². The first-order chi connectivity index (χ1) is 11.6. The number of ketones is 1. The van der Waals surface area contributed by atoms with Crippen LogP contribution >= 0.6 is 23.5 Å². The standard InChI is InChI=1S/C18H32O4S2/c1-2-3-4-5-8-11-23-17-14(19)13-15(20)18(17)24-12-9-6-7-10-16(21)22/h15,17-18,20H,2-13H2,1H3,(H,21,22)/t15?,17-,18-/m0/s1. The minimum atomic E-state index is -0.741. The van der Waals surface area contributed by atoms with E-state index in [2.05, 4.69) is 6.92 Å². The Bertz CT molecular complexity index is 376. The van der Waals surface area contributed by atoms with Crippen molar-refractivity contribution in [1.82, 2.24) is 0 Å². The highest BCUT2D eigenvalue weighted by Crippen LogP contribution is 2.36. The van der Waals surface area contributed by atoms with Crippen molar-refractivity contribution in [3.8, 4) is 0 Å². The Labute approximate surface area is 154 Å². The third-order valence-corrected chi connectivity index (χ3v) is 7.40. The van der Waals surface area contributed by atoms with Gasteiger partial charge in [0, 0.05) is 12.8 Å². The fraction of sp³-hybridized carbons (Fsp3) is 0.889. The van der Waals surface area contributed by atoms with Crippen molar-refractivity contribution in [3.63, 3.8) is 0 Å². The summed E-state index contributed by atoms with van der Waals surface area (Å²) in [5.74, 6) is 1.35. The molecule has 0 spiro atoms. The van der Waals surface area contributed by atoms with Crippen LogP contribution in [0.3, 0.4) is 0 Å². The molecule has 0 aliphatic heterocycles. The van der Waals surface area contributed by atoms with E-state index < -0.39 is 12.1 Å². The first-order valence-corrected chi connectivity index (χ1v) is 11.3. The maximum atomic E-state index is 12.1. The van der Waals surface area contributed by atoms with Crippen LogP contribution in [0.15, 0.2) is 0 Å². The van der Waals surface area contributed by atoms with Crippen LogP contribution in [0.4, 0.5) is 0 Å². The van der Waals surface area contributed by atoms with E-state index in [0.717, 1.165) is 30.8 Å². The topological polar surface area (TPSA) is 74.6 Å². The fourth-order valence-corrected chi connectivity index (χ4v) is 5.94. The molecule has 2 N–H and O–H groups in total. The number of Topliss-reactive ketones (excluding diaryl/α,β-unsaturated/α-hetero) is 1. The Morgan fingerprint density at radius 1 is 1.04 bits per heavy atom. The van der Waals surface area contributed by atoms with Crippen LogP contribution in [-0.2, 0) is 9.59 Å². The van der Waals surface area contributed by atoms with Crippen LogP contribution in [0.25, 0.3) is 0 Å². The number of rotatable bonds is 14. The smallest absolute Gasteiger partial charge is 0.303 e. The molecule has 0 radical (unpaired) electrons. The molecule has 1 aliphatic rings. The molecule has 0 saturated heterocycles. The summed E-state index contributed by atoms with van der Waals surface area (Å²) in [6, 6.07) is 0. The zero-order chi connectivity index (χ0) is 17.8. The van der Waals surface area contributed by atoms with Gasteiger partial charge in [-0.1, -0.05) is 39.0 Å². The predicted molar refractivity (Wildman–Crippen MR) is 103 cm³/mol. The van der Waals surface area contributed by atoms with Gasteiger partial charge in [-0.3, -0.25) is 9.59 Å². The molecule has 6 heteroatoms. The molecular weight excluding hydrogens is 344 g/mol. The fourth-order valence-electron chi connectivity index (χ4n) is 2.90. The molecule has 1 fully saturated rings. The van der Waals surface area contributed by atoms with E-state index in [9.17, 15) is 14.7 Å². The highest BCUT2D eigenvalue weighted by atomic mass is 32.2. The number of hydrogen-bond donors (Lipinski definition) is 2. The maximum Gasteiger partial charge on any atom is 0.303 e. The van der Waals surface area contributed by atoms with Crippen LogP contribution in [-0.4, -0.2) is 50.1 Å². The molecule has 0 aromatic heterocycles. The quantitative estimate of drug-likeness (QED) is 0.444. The lowest BCUT2D eigenvalue weighted by Gasteiger charge is -2.20. The third kappa shape index (κ3) is 8.77.